The van der Waals surface area contributed by atoms with Gasteiger partial charge in [0.05, 0.1) is 19.2 Å². The standard InChI is InChI=1S/C15H16N2O4/c1-16-9-13(18)12(14(19)17(2)15(16)20)8-10-4-6-11(21-3)7-5-10/h4-8H,9H2,1-3H3/b12-8+. The summed E-state index contributed by atoms with van der Waals surface area (Å²) in [6, 6.07) is 6.45. The summed E-state index contributed by atoms with van der Waals surface area (Å²) in [5, 5.41) is 0. The summed E-state index contributed by atoms with van der Waals surface area (Å²) in [6.07, 6.45) is 1.49. The highest BCUT2D eigenvalue weighted by molar-refractivity contribution is 6.27. The van der Waals surface area contributed by atoms with Crippen LogP contribution in [0.25, 0.3) is 6.08 Å². The molecule has 0 aliphatic carbocycles. The van der Waals surface area contributed by atoms with Gasteiger partial charge < -0.3 is 9.64 Å². The third kappa shape index (κ3) is 2.94. The molecule has 0 atom stereocenters. The van der Waals surface area contributed by atoms with Crippen molar-refractivity contribution < 1.29 is 19.1 Å². The average Bonchev–Trinajstić information content (AvgIpc) is 2.55. The first-order chi connectivity index (χ1) is 9.93. The van der Waals surface area contributed by atoms with Crippen molar-refractivity contribution in [2.24, 2.45) is 0 Å². The minimum absolute atomic E-state index is 0.000340. The van der Waals surface area contributed by atoms with Crippen molar-refractivity contribution in [1.82, 2.24) is 9.80 Å². The van der Waals surface area contributed by atoms with Crippen molar-refractivity contribution in [2.75, 3.05) is 27.7 Å². The second-order valence-electron chi connectivity index (χ2n) is 4.76. The largest absolute Gasteiger partial charge is 0.497 e. The number of ether oxygens (including phenoxy) is 1. The lowest BCUT2D eigenvalue weighted by Gasteiger charge is -2.17. The Morgan fingerprint density at radius 1 is 1.10 bits per heavy atom. The number of nitrogens with zero attached hydrogens (tertiary/aromatic N) is 2. The summed E-state index contributed by atoms with van der Waals surface area (Å²) in [4.78, 5) is 38.3. The number of carbonyl (C=O) groups is 3. The molecule has 1 heterocycles. The van der Waals surface area contributed by atoms with Crippen molar-refractivity contribution in [3.63, 3.8) is 0 Å². The molecule has 0 unspecified atom stereocenters. The Morgan fingerprint density at radius 2 is 1.71 bits per heavy atom. The van der Waals surface area contributed by atoms with E-state index in [1.54, 1.807) is 31.4 Å². The summed E-state index contributed by atoms with van der Waals surface area (Å²) in [5.41, 5.74) is 0.693. The van der Waals surface area contributed by atoms with Crippen LogP contribution in [0.4, 0.5) is 4.79 Å². The van der Waals surface area contributed by atoms with Gasteiger partial charge in [-0.3, -0.25) is 14.5 Å². The number of rotatable bonds is 2. The average molecular weight is 288 g/mol. The summed E-state index contributed by atoms with van der Waals surface area (Å²) >= 11 is 0. The van der Waals surface area contributed by atoms with E-state index in [0.29, 0.717) is 11.3 Å². The number of benzene rings is 1. The van der Waals surface area contributed by atoms with Gasteiger partial charge in [-0.2, -0.15) is 0 Å². The highest BCUT2D eigenvalue weighted by Crippen LogP contribution is 2.17. The fraction of sp³-hybridized carbons (Fsp3) is 0.267. The molecule has 1 aromatic carbocycles. The lowest BCUT2D eigenvalue weighted by atomic mass is 10.1. The molecule has 6 heteroatoms. The van der Waals surface area contributed by atoms with E-state index in [2.05, 4.69) is 0 Å². The Hall–Kier alpha value is -2.63. The summed E-state index contributed by atoms with van der Waals surface area (Å²) in [7, 11) is 4.41. The lowest BCUT2D eigenvalue weighted by molar-refractivity contribution is -0.125. The first-order valence-corrected chi connectivity index (χ1v) is 6.36. The topological polar surface area (TPSA) is 66.9 Å². The Morgan fingerprint density at radius 3 is 2.29 bits per heavy atom. The van der Waals surface area contributed by atoms with Crippen molar-refractivity contribution in [3.05, 3.63) is 35.4 Å². The van der Waals surface area contributed by atoms with Crippen molar-refractivity contribution in [2.45, 2.75) is 0 Å². The van der Waals surface area contributed by atoms with Crippen LogP contribution in [0, 0.1) is 0 Å². The zero-order chi connectivity index (χ0) is 15.6. The first kappa shape index (κ1) is 14.8. The molecule has 3 amide bonds. The molecular weight excluding hydrogens is 272 g/mol. The van der Waals surface area contributed by atoms with Gasteiger partial charge >= 0.3 is 6.03 Å². The maximum absolute atomic E-state index is 12.2. The molecule has 0 N–H and O–H groups in total. The molecule has 0 aromatic heterocycles. The zero-order valence-corrected chi connectivity index (χ0v) is 12.1. The van der Waals surface area contributed by atoms with Crippen LogP contribution in [0.15, 0.2) is 29.8 Å². The van der Waals surface area contributed by atoms with Gasteiger partial charge in [0.1, 0.15) is 5.75 Å². The Kier molecular flexibility index (Phi) is 4.07. The molecule has 0 spiro atoms. The minimum atomic E-state index is -0.592. The van der Waals surface area contributed by atoms with Crippen LogP contribution < -0.4 is 4.74 Å². The predicted molar refractivity (Wildman–Crippen MR) is 76.8 cm³/mol. The van der Waals surface area contributed by atoms with Crippen molar-refractivity contribution in [1.29, 1.82) is 0 Å². The molecule has 0 saturated carbocycles. The second-order valence-corrected chi connectivity index (χ2v) is 4.76. The minimum Gasteiger partial charge on any atom is -0.497 e. The van der Waals surface area contributed by atoms with E-state index < -0.39 is 11.9 Å². The van der Waals surface area contributed by atoms with Gasteiger partial charge in [-0.1, -0.05) is 12.1 Å². The van der Waals surface area contributed by atoms with E-state index in [1.165, 1.54) is 25.1 Å². The molecule has 1 fully saturated rings. The highest BCUT2D eigenvalue weighted by atomic mass is 16.5. The molecule has 2 rings (SSSR count). The Balaban J connectivity index is 2.39. The van der Waals surface area contributed by atoms with Crippen LogP contribution in [-0.4, -0.2) is 55.3 Å². The molecule has 0 radical (unpaired) electrons. The quantitative estimate of drug-likeness (QED) is 0.605. The van der Waals surface area contributed by atoms with Gasteiger partial charge in [0.2, 0.25) is 0 Å². The Labute approximate surface area is 122 Å². The molecule has 6 nitrogen and oxygen atoms in total. The number of amides is 3. The molecule has 0 bridgehead atoms. The number of ketones is 1. The number of Topliss-reactive ketones (excluding diaryl/α,β-unsaturated/α-hetero) is 1. The first-order valence-electron chi connectivity index (χ1n) is 6.36. The number of carbonyl (C=O) groups excluding carboxylic acids is 3. The predicted octanol–water partition coefficient (Wildman–Crippen LogP) is 1.17. The molecule has 1 aromatic rings. The molecule has 1 saturated heterocycles. The van der Waals surface area contributed by atoms with Gasteiger partial charge in [0, 0.05) is 14.1 Å². The number of imide groups is 1. The third-order valence-electron chi connectivity index (χ3n) is 3.26. The SMILES string of the molecule is COc1ccc(/C=C2\C(=O)CN(C)C(=O)N(C)C2=O)cc1. The summed E-state index contributed by atoms with van der Waals surface area (Å²) in [6.45, 7) is -0.114. The van der Waals surface area contributed by atoms with Gasteiger partial charge in [-0.15, -0.1) is 0 Å². The van der Waals surface area contributed by atoms with Crippen LogP contribution >= 0.6 is 0 Å². The van der Waals surface area contributed by atoms with E-state index >= 15 is 0 Å². The second kappa shape index (κ2) is 5.78. The van der Waals surface area contributed by atoms with E-state index in [9.17, 15) is 14.4 Å². The summed E-state index contributed by atoms with van der Waals surface area (Å²) in [5.74, 6) is -0.288. The van der Waals surface area contributed by atoms with Gasteiger partial charge in [-0.25, -0.2) is 4.79 Å². The molecule has 1 aliphatic heterocycles. The van der Waals surface area contributed by atoms with Crippen molar-refractivity contribution in [3.8, 4) is 5.75 Å². The van der Waals surface area contributed by atoms with E-state index in [1.807, 2.05) is 0 Å². The van der Waals surface area contributed by atoms with Crippen LogP contribution in [0.2, 0.25) is 0 Å². The molecule has 21 heavy (non-hydrogen) atoms. The number of hydrogen-bond donors (Lipinski definition) is 0. The zero-order valence-electron chi connectivity index (χ0n) is 12.1. The molecular formula is C15H16N2O4. The van der Waals surface area contributed by atoms with Gasteiger partial charge in [0.15, 0.2) is 5.78 Å². The van der Waals surface area contributed by atoms with Gasteiger partial charge in [-0.05, 0) is 23.8 Å². The fourth-order valence-electron chi connectivity index (χ4n) is 2.02. The summed E-state index contributed by atoms with van der Waals surface area (Å²) < 4.78 is 5.05. The number of likely N-dealkylation sites (N-methyl/N-ethyl adjacent to an activating group) is 2. The van der Waals surface area contributed by atoms with Crippen LogP contribution in [0.3, 0.4) is 0 Å². The highest BCUT2D eigenvalue weighted by Gasteiger charge is 2.32. The smallest absolute Gasteiger partial charge is 0.326 e. The van der Waals surface area contributed by atoms with E-state index in [-0.39, 0.29) is 17.9 Å². The molecule has 1 aliphatic rings. The number of hydrogen-bond acceptors (Lipinski definition) is 4. The van der Waals surface area contributed by atoms with Gasteiger partial charge in [0.25, 0.3) is 5.91 Å². The lowest BCUT2D eigenvalue weighted by Crippen LogP contribution is -2.39. The van der Waals surface area contributed by atoms with E-state index in [4.69, 9.17) is 4.74 Å². The number of urea groups is 1. The molecule has 110 valence electrons. The van der Waals surface area contributed by atoms with E-state index in [0.717, 1.165) is 4.90 Å². The third-order valence-corrected chi connectivity index (χ3v) is 3.26. The fourth-order valence-corrected chi connectivity index (χ4v) is 2.02. The monoisotopic (exact) mass is 288 g/mol. The Bertz CT molecular complexity index is 619. The normalized spacial score (nSPS) is 18.2. The number of methoxy groups -OCH3 is 1. The van der Waals surface area contributed by atoms with Crippen LogP contribution in [0.5, 0.6) is 5.75 Å². The van der Waals surface area contributed by atoms with Crippen molar-refractivity contribution >= 4 is 23.8 Å². The van der Waals surface area contributed by atoms with Crippen LogP contribution in [-0.2, 0) is 9.59 Å². The van der Waals surface area contributed by atoms with Crippen LogP contribution in [0.1, 0.15) is 5.56 Å². The maximum Gasteiger partial charge on any atom is 0.326 e. The maximum atomic E-state index is 12.2.